The summed E-state index contributed by atoms with van der Waals surface area (Å²) in [6.07, 6.45) is 2.65. The number of carbonyl (C=O) groups is 1. The molecule has 3 heterocycles. The van der Waals surface area contributed by atoms with Crippen molar-refractivity contribution in [3.05, 3.63) is 59.5 Å². The lowest BCUT2D eigenvalue weighted by atomic mass is 10.1. The Hall–Kier alpha value is -3.22. The van der Waals surface area contributed by atoms with Gasteiger partial charge < -0.3 is 14.3 Å². The molecule has 7 nitrogen and oxygen atoms in total. The Bertz CT molecular complexity index is 1030. The fourth-order valence-electron chi connectivity index (χ4n) is 3.69. The molecule has 30 heavy (non-hydrogen) atoms. The smallest absolute Gasteiger partial charge is 0.261 e. The highest BCUT2D eigenvalue weighted by Gasteiger charge is 2.24. The molecule has 0 radical (unpaired) electrons. The van der Waals surface area contributed by atoms with E-state index in [1.165, 1.54) is 0 Å². The highest BCUT2D eigenvalue weighted by atomic mass is 16.5. The Morgan fingerprint density at radius 2 is 1.97 bits per heavy atom. The number of rotatable bonds is 4. The van der Waals surface area contributed by atoms with E-state index in [0.29, 0.717) is 24.8 Å². The molecule has 0 atom stereocenters. The van der Waals surface area contributed by atoms with Gasteiger partial charge >= 0.3 is 0 Å². The van der Waals surface area contributed by atoms with E-state index in [0.717, 1.165) is 42.0 Å². The van der Waals surface area contributed by atoms with Gasteiger partial charge in [-0.1, -0.05) is 36.7 Å². The van der Waals surface area contributed by atoms with E-state index >= 15 is 0 Å². The lowest BCUT2D eigenvalue weighted by Gasteiger charge is -2.24. The molecule has 0 saturated carbocycles. The summed E-state index contributed by atoms with van der Waals surface area (Å²) in [4.78, 5) is 26.2. The van der Waals surface area contributed by atoms with Gasteiger partial charge in [0.2, 0.25) is 0 Å². The summed E-state index contributed by atoms with van der Waals surface area (Å²) in [7, 11) is 0. The van der Waals surface area contributed by atoms with Crippen LogP contribution in [0.15, 0.2) is 47.1 Å². The van der Waals surface area contributed by atoms with Crippen LogP contribution in [-0.4, -0.2) is 52.1 Å². The first kappa shape index (κ1) is 20.1. The summed E-state index contributed by atoms with van der Waals surface area (Å²) in [6, 6.07) is 11.6. The molecule has 1 fully saturated rings. The molecule has 0 aliphatic carbocycles. The Labute approximate surface area is 176 Å². The molecular formula is C23H27N5O2. The molecule has 0 spiro atoms. The topological polar surface area (TPSA) is 75.4 Å². The van der Waals surface area contributed by atoms with E-state index in [-0.39, 0.29) is 11.8 Å². The highest BCUT2D eigenvalue weighted by Crippen LogP contribution is 2.29. The molecule has 1 amide bonds. The van der Waals surface area contributed by atoms with Crippen LogP contribution in [0.3, 0.4) is 0 Å². The number of aromatic nitrogens is 3. The first-order valence-electron chi connectivity index (χ1n) is 10.4. The van der Waals surface area contributed by atoms with Crippen molar-refractivity contribution in [1.29, 1.82) is 0 Å². The lowest BCUT2D eigenvalue weighted by Crippen LogP contribution is -2.35. The van der Waals surface area contributed by atoms with Gasteiger partial charge in [0, 0.05) is 43.9 Å². The SMILES string of the molecule is Cc1cccc(C(=O)N2CCCN(c3ncccc3-c3nc(C(C)C)no3)CC2)c1. The molecule has 2 aromatic heterocycles. The van der Waals surface area contributed by atoms with Gasteiger partial charge in [0.15, 0.2) is 5.82 Å². The maximum absolute atomic E-state index is 13.0. The molecular weight excluding hydrogens is 378 g/mol. The van der Waals surface area contributed by atoms with E-state index in [9.17, 15) is 4.79 Å². The van der Waals surface area contributed by atoms with E-state index in [1.54, 1.807) is 6.20 Å². The summed E-state index contributed by atoms with van der Waals surface area (Å²) in [5.41, 5.74) is 2.67. The van der Waals surface area contributed by atoms with Gasteiger partial charge in [-0.3, -0.25) is 4.79 Å². The van der Waals surface area contributed by atoms with Crippen molar-refractivity contribution in [2.24, 2.45) is 0 Å². The minimum Gasteiger partial charge on any atom is -0.354 e. The zero-order valence-corrected chi connectivity index (χ0v) is 17.7. The highest BCUT2D eigenvalue weighted by molar-refractivity contribution is 5.94. The molecule has 0 N–H and O–H groups in total. The molecule has 1 aliphatic rings. The van der Waals surface area contributed by atoms with E-state index in [2.05, 4.69) is 20.0 Å². The van der Waals surface area contributed by atoms with Crippen molar-refractivity contribution in [1.82, 2.24) is 20.0 Å². The van der Waals surface area contributed by atoms with Crippen LogP contribution in [0.1, 0.15) is 47.9 Å². The number of aryl methyl sites for hydroxylation is 1. The third-order valence-corrected chi connectivity index (χ3v) is 5.32. The average Bonchev–Trinajstić information content (AvgIpc) is 3.12. The molecule has 1 aliphatic heterocycles. The molecule has 3 aromatic rings. The Morgan fingerprint density at radius 3 is 2.73 bits per heavy atom. The van der Waals surface area contributed by atoms with Crippen molar-refractivity contribution in [3.8, 4) is 11.5 Å². The zero-order valence-electron chi connectivity index (χ0n) is 17.7. The molecule has 7 heteroatoms. The number of amides is 1. The number of hydrogen-bond acceptors (Lipinski definition) is 6. The third-order valence-electron chi connectivity index (χ3n) is 5.32. The van der Waals surface area contributed by atoms with Crippen molar-refractivity contribution < 1.29 is 9.32 Å². The van der Waals surface area contributed by atoms with Crippen molar-refractivity contribution in [3.63, 3.8) is 0 Å². The fourth-order valence-corrected chi connectivity index (χ4v) is 3.69. The minimum absolute atomic E-state index is 0.0836. The second-order valence-corrected chi connectivity index (χ2v) is 7.99. The van der Waals surface area contributed by atoms with Crippen LogP contribution in [-0.2, 0) is 0 Å². The quantitative estimate of drug-likeness (QED) is 0.655. The lowest BCUT2D eigenvalue weighted by molar-refractivity contribution is 0.0767. The Balaban J connectivity index is 1.53. The molecule has 0 bridgehead atoms. The molecule has 156 valence electrons. The van der Waals surface area contributed by atoms with E-state index in [4.69, 9.17) is 4.52 Å². The van der Waals surface area contributed by atoms with Gasteiger partial charge in [0.25, 0.3) is 11.8 Å². The third kappa shape index (κ3) is 4.20. The largest absolute Gasteiger partial charge is 0.354 e. The number of benzene rings is 1. The van der Waals surface area contributed by atoms with Crippen LogP contribution >= 0.6 is 0 Å². The van der Waals surface area contributed by atoms with Crippen molar-refractivity contribution in [2.75, 3.05) is 31.1 Å². The first-order valence-corrected chi connectivity index (χ1v) is 10.4. The van der Waals surface area contributed by atoms with Gasteiger partial charge in [-0.2, -0.15) is 4.98 Å². The fraction of sp³-hybridized carbons (Fsp3) is 0.391. The molecule has 4 rings (SSSR count). The number of pyridine rings is 1. The van der Waals surface area contributed by atoms with E-state index < -0.39 is 0 Å². The number of hydrogen-bond donors (Lipinski definition) is 0. The average molecular weight is 406 g/mol. The molecule has 1 aromatic carbocycles. The van der Waals surface area contributed by atoms with Gasteiger partial charge in [0.1, 0.15) is 5.82 Å². The van der Waals surface area contributed by atoms with Crippen LogP contribution < -0.4 is 4.90 Å². The van der Waals surface area contributed by atoms with Crippen LogP contribution in [0.4, 0.5) is 5.82 Å². The monoisotopic (exact) mass is 405 g/mol. The van der Waals surface area contributed by atoms with Gasteiger partial charge in [-0.05, 0) is 37.6 Å². The van der Waals surface area contributed by atoms with Gasteiger partial charge in [-0.15, -0.1) is 0 Å². The van der Waals surface area contributed by atoms with Gasteiger partial charge in [-0.25, -0.2) is 4.98 Å². The van der Waals surface area contributed by atoms with Gasteiger partial charge in [0.05, 0.1) is 5.56 Å². The summed E-state index contributed by atoms with van der Waals surface area (Å²) < 4.78 is 5.51. The zero-order chi connectivity index (χ0) is 21.1. The summed E-state index contributed by atoms with van der Waals surface area (Å²) >= 11 is 0. The first-order chi connectivity index (χ1) is 14.5. The summed E-state index contributed by atoms with van der Waals surface area (Å²) in [5, 5.41) is 4.09. The molecule has 0 unspecified atom stereocenters. The number of nitrogens with zero attached hydrogens (tertiary/aromatic N) is 5. The standard InChI is InChI=1S/C23H27N5O2/c1-16(2)20-25-22(30-26-20)19-9-5-10-24-21(19)27-11-6-12-28(14-13-27)23(29)18-8-4-7-17(3)15-18/h4-5,7-10,15-16H,6,11-14H2,1-3H3. The maximum Gasteiger partial charge on any atom is 0.261 e. The van der Waals surface area contributed by atoms with Crippen LogP contribution in [0.25, 0.3) is 11.5 Å². The maximum atomic E-state index is 13.0. The normalized spacial score (nSPS) is 14.8. The van der Waals surface area contributed by atoms with Crippen LogP contribution in [0.2, 0.25) is 0 Å². The van der Waals surface area contributed by atoms with Crippen LogP contribution in [0.5, 0.6) is 0 Å². The van der Waals surface area contributed by atoms with Crippen LogP contribution in [0, 0.1) is 6.92 Å². The summed E-state index contributed by atoms with van der Waals surface area (Å²) in [6.45, 7) is 8.96. The second kappa shape index (κ2) is 8.65. The predicted octanol–water partition coefficient (Wildman–Crippen LogP) is 3.92. The van der Waals surface area contributed by atoms with Crippen molar-refractivity contribution >= 4 is 11.7 Å². The predicted molar refractivity (Wildman–Crippen MR) is 116 cm³/mol. The number of anilines is 1. The van der Waals surface area contributed by atoms with Crippen molar-refractivity contribution in [2.45, 2.75) is 33.1 Å². The minimum atomic E-state index is 0.0836. The second-order valence-electron chi connectivity index (χ2n) is 7.99. The molecule has 1 saturated heterocycles. The Kier molecular flexibility index (Phi) is 5.79. The Morgan fingerprint density at radius 1 is 1.10 bits per heavy atom. The summed E-state index contributed by atoms with van der Waals surface area (Å²) in [5.74, 6) is 2.27. The van der Waals surface area contributed by atoms with E-state index in [1.807, 2.05) is 62.1 Å². The number of carbonyl (C=O) groups excluding carboxylic acids is 1.